The molecule has 1 N–H and O–H groups in total. The number of aryl methyl sites for hydroxylation is 1. The maximum absolute atomic E-state index is 13.8. The molecule has 3 aromatic rings. The lowest BCUT2D eigenvalue weighted by molar-refractivity contribution is -0.138. The molecule has 3 heterocycles. The molecule has 178 valence electrons. The number of ether oxygens (including phenoxy) is 1. The molecule has 0 amide bonds. The summed E-state index contributed by atoms with van der Waals surface area (Å²) >= 11 is 0. The topological polar surface area (TPSA) is 74.1 Å². The summed E-state index contributed by atoms with van der Waals surface area (Å²) < 4.78 is 47.0. The predicted octanol–water partition coefficient (Wildman–Crippen LogP) is 5.40. The van der Waals surface area contributed by atoms with Crippen LogP contribution in [0.5, 0.6) is 0 Å². The Labute approximate surface area is 201 Å². The van der Waals surface area contributed by atoms with Gasteiger partial charge in [0.25, 0.3) is 0 Å². The average Bonchev–Trinajstić information content (AvgIpc) is 3.43. The lowest BCUT2D eigenvalue weighted by atomic mass is 9.96. The lowest BCUT2D eigenvalue weighted by Gasteiger charge is -2.29. The van der Waals surface area contributed by atoms with E-state index >= 15 is 0 Å². The zero-order chi connectivity index (χ0) is 23.3. The van der Waals surface area contributed by atoms with Crippen LogP contribution in [0.15, 0.2) is 36.4 Å². The van der Waals surface area contributed by atoms with Crippen molar-refractivity contribution in [1.82, 2.24) is 10.2 Å². The first-order valence-electron chi connectivity index (χ1n) is 10.8. The fraction of sp³-hybridized carbons (Fsp3) is 0.375. The molecular weight excluding hydrogens is 467 g/mol. The highest BCUT2D eigenvalue weighted by Crippen LogP contribution is 2.39. The van der Waals surface area contributed by atoms with Crippen LogP contribution in [0.1, 0.15) is 41.8 Å². The fourth-order valence-electron chi connectivity index (χ4n) is 4.90. The van der Waals surface area contributed by atoms with Crippen molar-refractivity contribution in [2.45, 2.75) is 44.6 Å². The smallest absolute Gasteiger partial charge is 0.374 e. The lowest BCUT2D eigenvalue weighted by Crippen LogP contribution is -2.36. The number of nitrogens with zero attached hydrogens (tertiary/aromatic N) is 4. The van der Waals surface area contributed by atoms with E-state index in [2.05, 4.69) is 20.4 Å². The summed E-state index contributed by atoms with van der Waals surface area (Å²) in [4.78, 5) is 2.31. The molecule has 0 radical (unpaired) electrons. The molecule has 2 aliphatic rings. The number of nitriles is 1. The van der Waals surface area contributed by atoms with E-state index in [1.165, 1.54) is 18.2 Å². The number of hydrogen-bond donors (Lipinski definition) is 1. The molecule has 0 aliphatic carbocycles. The van der Waals surface area contributed by atoms with Crippen LogP contribution in [-0.2, 0) is 10.9 Å². The molecule has 1 aromatic heterocycles. The van der Waals surface area contributed by atoms with Crippen molar-refractivity contribution in [3.05, 3.63) is 58.8 Å². The first-order chi connectivity index (χ1) is 15.8. The van der Waals surface area contributed by atoms with Crippen LogP contribution >= 0.6 is 12.4 Å². The van der Waals surface area contributed by atoms with Gasteiger partial charge in [0, 0.05) is 23.0 Å². The molecule has 0 saturated carbocycles. The van der Waals surface area contributed by atoms with Crippen LogP contribution in [0.2, 0.25) is 0 Å². The molecule has 2 aromatic carbocycles. The Morgan fingerprint density at radius 2 is 2.00 bits per heavy atom. The summed E-state index contributed by atoms with van der Waals surface area (Å²) in [6.45, 7) is 5.00. The van der Waals surface area contributed by atoms with Crippen molar-refractivity contribution < 1.29 is 17.9 Å². The second-order valence-corrected chi connectivity index (χ2v) is 8.61. The second kappa shape index (κ2) is 8.93. The molecule has 34 heavy (non-hydrogen) atoms. The summed E-state index contributed by atoms with van der Waals surface area (Å²) in [5.74, 6) is 0.404. The highest BCUT2D eigenvalue weighted by molar-refractivity contribution is 5.95. The molecule has 6 nitrogen and oxygen atoms in total. The zero-order valence-electron chi connectivity index (χ0n) is 18.6. The van der Waals surface area contributed by atoms with E-state index in [0.29, 0.717) is 18.5 Å². The summed E-state index contributed by atoms with van der Waals surface area (Å²) in [7, 11) is 0. The van der Waals surface area contributed by atoms with Crippen molar-refractivity contribution in [3.63, 3.8) is 0 Å². The predicted molar refractivity (Wildman–Crippen MR) is 125 cm³/mol. The highest BCUT2D eigenvalue weighted by Gasteiger charge is 2.39. The van der Waals surface area contributed by atoms with Crippen molar-refractivity contribution in [2.24, 2.45) is 0 Å². The van der Waals surface area contributed by atoms with Gasteiger partial charge in [0.1, 0.15) is 0 Å². The van der Waals surface area contributed by atoms with Gasteiger partial charge < -0.3 is 15.0 Å². The quantitative estimate of drug-likeness (QED) is 0.529. The van der Waals surface area contributed by atoms with Crippen molar-refractivity contribution >= 4 is 34.7 Å². The number of fused-ring (bicyclic) bond motifs is 3. The number of nitrogens with one attached hydrogen (secondary N) is 1. The molecule has 2 aliphatic heterocycles. The fourth-order valence-corrected chi connectivity index (χ4v) is 4.90. The third kappa shape index (κ3) is 4.12. The van der Waals surface area contributed by atoms with E-state index in [1.54, 1.807) is 13.0 Å². The van der Waals surface area contributed by atoms with E-state index in [0.717, 1.165) is 35.1 Å². The van der Waals surface area contributed by atoms with Gasteiger partial charge in [-0.25, -0.2) is 0 Å². The standard InChI is InChI=1S/C24H22F3N5O.ClH/c1-13(20-5-3-4-15(10-28)22(20)24(25,26)27)29-23-21-9-16(6-7-19(21)14(2)30-31-23)32-11-18-8-17(32)12-33-18;/h3-7,9,13,17-18H,8,11-12H2,1-2H3,(H,29,31);1H/t13?,17-,18-;/m1./s1. The van der Waals surface area contributed by atoms with Gasteiger partial charge in [-0.1, -0.05) is 18.2 Å². The van der Waals surface area contributed by atoms with Crippen molar-refractivity contribution in [2.75, 3.05) is 23.4 Å². The SMILES string of the molecule is Cc1nnc(NC(C)c2cccc(C#N)c2C(F)(F)F)c2cc(N3C[C@H]4C[C@@H]3CO4)ccc12.Cl. The minimum absolute atomic E-state index is 0. The Balaban J connectivity index is 0.00000274. The summed E-state index contributed by atoms with van der Waals surface area (Å²) in [5.41, 5.74) is 0.433. The third-order valence-electron chi connectivity index (χ3n) is 6.50. The van der Waals surface area contributed by atoms with Crippen LogP contribution in [-0.4, -0.2) is 35.5 Å². The molecule has 3 atom stereocenters. The number of alkyl halides is 3. The summed E-state index contributed by atoms with van der Waals surface area (Å²) in [5, 5.41) is 22.5. The Hall–Kier alpha value is -3.09. The third-order valence-corrected chi connectivity index (χ3v) is 6.50. The normalized spacial score (nSPS) is 20.2. The molecule has 5 rings (SSSR count). The molecule has 2 saturated heterocycles. The molecule has 2 bridgehead atoms. The van der Waals surface area contributed by atoms with Gasteiger partial charge in [-0.2, -0.15) is 23.5 Å². The van der Waals surface area contributed by atoms with Gasteiger partial charge in [-0.05, 0) is 44.0 Å². The molecule has 2 fully saturated rings. The number of anilines is 2. The minimum Gasteiger partial charge on any atom is -0.374 e. The van der Waals surface area contributed by atoms with Gasteiger partial charge in [0.05, 0.1) is 47.7 Å². The highest BCUT2D eigenvalue weighted by atomic mass is 35.5. The first kappa shape index (κ1) is 24.0. The van der Waals surface area contributed by atoms with E-state index in [-0.39, 0.29) is 24.1 Å². The monoisotopic (exact) mass is 489 g/mol. The van der Waals surface area contributed by atoms with Crippen LogP contribution in [0.3, 0.4) is 0 Å². The van der Waals surface area contributed by atoms with Crippen LogP contribution in [0.4, 0.5) is 24.7 Å². The van der Waals surface area contributed by atoms with E-state index in [9.17, 15) is 18.4 Å². The van der Waals surface area contributed by atoms with Gasteiger partial charge in [-0.3, -0.25) is 0 Å². The Morgan fingerprint density at radius 3 is 2.65 bits per heavy atom. The van der Waals surface area contributed by atoms with Crippen LogP contribution < -0.4 is 10.2 Å². The van der Waals surface area contributed by atoms with E-state index < -0.39 is 23.3 Å². The number of aromatic nitrogens is 2. The van der Waals surface area contributed by atoms with Crippen LogP contribution in [0, 0.1) is 18.3 Å². The van der Waals surface area contributed by atoms with E-state index in [4.69, 9.17) is 4.74 Å². The van der Waals surface area contributed by atoms with Crippen molar-refractivity contribution in [1.29, 1.82) is 5.26 Å². The Bertz CT molecular complexity index is 1280. The Morgan fingerprint density at radius 1 is 1.21 bits per heavy atom. The zero-order valence-corrected chi connectivity index (χ0v) is 19.4. The number of halogens is 4. The number of benzene rings is 2. The van der Waals surface area contributed by atoms with Gasteiger partial charge in [-0.15, -0.1) is 17.5 Å². The van der Waals surface area contributed by atoms with Crippen molar-refractivity contribution in [3.8, 4) is 6.07 Å². The minimum atomic E-state index is -4.65. The summed E-state index contributed by atoms with van der Waals surface area (Å²) in [6.07, 6.45) is -3.40. The molecule has 0 spiro atoms. The number of hydrogen-bond acceptors (Lipinski definition) is 6. The maximum Gasteiger partial charge on any atom is 0.418 e. The molecule has 10 heteroatoms. The molecular formula is C24H23ClF3N5O. The first-order valence-corrected chi connectivity index (χ1v) is 10.8. The molecule has 1 unspecified atom stereocenters. The van der Waals surface area contributed by atoms with Crippen LogP contribution in [0.25, 0.3) is 10.8 Å². The second-order valence-electron chi connectivity index (χ2n) is 8.61. The van der Waals surface area contributed by atoms with Gasteiger partial charge >= 0.3 is 6.18 Å². The Kier molecular flexibility index (Phi) is 6.32. The van der Waals surface area contributed by atoms with E-state index in [1.807, 2.05) is 25.1 Å². The maximum atomic E-state index is 13.8. The number of rotatable bonds is 4. The summed E-state index contributed by atoms with van der Waals surface area (Å²) in [6, 6.07) is 11.3. The average molecular weight is 490 g/mol. The van der Waals surface area contributed by atoms with Gasteiger partial charge in [0.15, 0.2) is 5.82 Å². The number of morpholine rings is 1. The largest absolute Gasteiger partial charge is 0.418 e. The van der Waals surface area contributed by atoms with Gasteiger partial charge in [0.2, 0.25) is 0 Å².